The SMILES string of the molecule is CCC1CCCCN1C(=O)COC(=O)c1c(C)nn(-c2ccccc2)c1Cl. The lowest BCUT2D eigenvalue weighted by molar-refractivity contribution is -0.138. The number of rotatable bonds is 5. The van der Waals surface area contributed by atoms with Gasteiger partial charge >= 0.3 is 5.97 Å². The molecule has 1 aliphatic rings. The van der Waals surface area contributed by atoms with E-state index in [9.17, 15) is 9.59 Å². The Balaban J connectivity index is 1.70. The van der Waals surface area contributed by atoms with Crippen LogP contribution in [0.2, 0.25) is 5.15 Å². The van der Waals surface area contributed by atoms with Crippen LogP contribution in [0.3, 0.4) is 0 Å². The summed E-state index contributed by atoms with van der Waals surface area (Å²) < 4.78 is 6.77. The van der Waals surface area contributed by atoms with Crippen LogP contribution in [0.25, 0.3) is 5.69 Å². The fourth-order valence-corrected chi connectivity index (χ4v) is 3.86. The van der Waals surface area contributed by atoms with Crippen LogP contribution in [-0.4, -0.2) is 45.8 Å². The molecule has 144 valence electrons. The highest BCUT2D eigenvalue weighted by Gasteiger charge is 2.27. The van der Waals surface area contributed by atoms with Gasteiger partial charge in [-0.15, -0.1) is 0 Å². The molecule has 1 atom stereocenters. The van der Waals surface area contributed by atoms with Gasteiger partial charge in [0, 0.05) is 12.6 Å². The third kappa shape index (κ3) is 4.16. The molecule has 1 amide bonds. The number of hydrogen-bond acceptors (Lipinski definition) is 4. The fourth-order valence-electron chi connectivity index (χ4n) is 3.51. The van der Waals surface area contributed by atoms with Crippen LogP contribution in [0.15, 0.2) is 30.3 Å². The van der Waals surface area contributed by atoms with Gasteiger partial charge in [0.05, 0.1) is 11.4 Å². The highest BCUT2D eigenvalue weighted by molar-refractivity contribution is 6.33. The number of piperidine rings is 1. The second-order valence-corrected chi connectivity index (χ2v) is 7.08. The molecule has 27 heavy (non-hydrogen) atoms. The van der Waals surface area contributed by atoms with Crippen LogP contribution in [0.4, 0.5) is 0 Å². The Hall–Kier alpha value is -2.34. The molecule has 7 heteroatoms. The van der Waals surface area contributed by atoms with Gasteiger partial charge in [-0.25, -0.2) is 9.48 Å². The molecule has 1 fully saturated rings. The van der Waals surface area contributed by atoms with Gasteiger partial charge in [0.1, 0.15) is 10.7 Å². The van der Waals surface area contributed by atoms with Gasteiger partial charge in [-0.1, -0.05) is 36.7 Å². The first kappa shape index (κ1) is 19.4. The van der Waals surface area contributed by atoms with Gasteiger partial charge in [-0.3, -0.25) is 4.79 Å². The van der Waals surface area contributed by atoms with Gasteiger partial charge in [0.15, 0.2) is 6.61 Å². The first-order valence-electron chi connectivity index (χ1n) is 9.30. The van der Waals surface area contributed by atoms with Crippen molar-refractivity contribution >= 4 is 23.5 Å². The van der Waals surface area contributed by atoms with Crippen molar-refractivity contribution < 1.29 is 14.3 Å². The van der Waals surface area contributed by atoms with Crippen molar-refractivity contribution in [1.29, 1.82) is 0 Å². The Morgan fingerprint density at radius 3 is 2.70 bits per heavy atom. The number of ether oxygens (including phenoxy) is 1. The van der Waals surface area contributed by atoms with E-state index in [-0.39, 0.29) is 29.3 Å². The maximum Gasteiger partial charge on any atom is 0.343 e. The average Bonchev–Trinajstić information content (AvgIpc) is 3.00. The Bertz CT molecular complexity index is 819. The molecule has 1 saturated heterocycles. The number of nitrogens with zero attached hydrogens (tertiary/aromatic N) is 3. The number of aryl methyl sites for hydroxylation is 1. The maximum atomic E-state index is 12.5. The largest absolute Gasteiger partial charge is 0.452 e. The van der Waals surface area contributed by atoms with Gasteiger partial charge in [0.25, 0.3) is 5.91 Å². The molecule has 0 aliphatic carbocycles. The van der Waals surface area contributed by atoms with E-state index >= 15 is 0 Å². The summed E-state index contributed by atoms with van der Waals surface area (Å²) in [7, 11) is 0. The van der Waals surface area contributed by atoms with E-state index in [1.165, 1.54) is 4.68 Å². The highest BCUT2D eigenvalue weighted by atomic mass is 35.5. The van der Waals surface area contributed by atoms with Crippen molar-refractivity contribution in [1.82, 2.24) is 14.7 Å². The number of para-hydroxylation sites is 1. The summed E-state index contributed by atoms with van der Waals surface area (Å²) >= 11 is 6.37. The second-order valence-electron chi connectivity index (χ2n) is 6.72. The van der Waals surface area contributed by atoms with Gasteiger partial charge in [-0.2, -0.15) is 5.10 Å². The summed E-state index contributed by atoms with van der Waals surface area (Å²) in [6, 6.07) is 9.54. The molecule has 1 aliphatic heterocycles. The van der Waals surface area contributed by atoms with Crippen LogP contribution >= 0.6 is 11.6 Å². The molecule has 1 unspecified atom stereocenters. The monoisotopic (exact) mass is 389 g/mol. The Kier molecular flexibility index (Phi) is 6.16. The lowest BCUT2D eigenvalue weighted by Gasteiger charge is -2.35. The van der Waals surface area contributed by atoms with Crippen molar-refractivity contribution in [2.24, 2.45) is 0 Å². The predicted octanol–water partition coefficient (Wildman–Crippen LogP) is 3.78. The van der Waals surface area contributed by atoms with Crippen LogP contribution in [0.5, 0.6) is 0 Å². The minimum absolute atomic E-state index is 0.154. The van der Waals surface area contributed by atoms with Crippen LogP contribution in [0, 0.1) is 6.92 Å². The maximum absolute atomic E-state index is 12.5. The van der Waals surface area contributed by atoms with Crippen LogP contribution in [-0.2, 0) is 9.53 Å². The van der Waals surface area contributed by atoms with E-state index in [0.717, 1.165) is 37.9 Å². The number of carbonyl (C=O) groups excluding carboxylic acids is 2. The van der Waals surface area contributed by atoms with E-state index in [0.29, 0.717) is 5.69 Å². The molecule has 0 spiro atoms. The third-order valence-corrected chi connectivity index (χ3v) is 5.30. The van der Waals surface area contributed by atoms with Gasteiger partial charge < -0.3 is 9.64 Å². The average molecular weight is 390 g/mol. The standard InChI is InChI=1S/C20H24ClN3O3/c1-3-15-9-7-8-12-23(15)17(25)13-27-20(26)18-14(2)22-24(19(18)21)16-10-5-4-6-11-16/h4-6,10-11,15H,3,7-9,12-13H2,1-2H3. The van der Waals surface area contributed by atoms with E-state index in [2.05, 4.69) is 12.0 Å². The van der Waals surface area contributed by atoms with Crippen molar-refractivity contribution in [2.75, 3.05) is 13.2 Å². The van der Waals surface area contributed by atoms with Crippen LogP contribution < -0.4 is 0 Å². The smallest absolute Gasteiger partial charge is 0.343 e. The molecule has 1 aromatic heterocycles. The molecular formula is C20H24ClN3O3. The summed E-state index contributed by atoms with van der Waals surface area (Å²) in [5.41, 5.74) is 1.41. The predicted molar refractivity (Wildman–Crippen MR) is 103 cm³/mol. The molecular weight excluding hydrogens is 366 g/mol. The van der Waals surface area contributed by atoms with Crippen LogP contribution in [0.1, 0.15) is 48.7 Å². The van der Waals surface area contributed by atoms with E-state index in [1.54, 1.807) is 6.92 Å². The lowest BCUT2D eigenvalue weighted by atomic mass is 10.00. The third-order valence-electron chi connectivity index (χ3n) is 4.95. The van der Waals surface area contributed by atoms with Gasteiger partial charge in [0.2, 0.25) is 0 Å². The summed E-state index contributed by atoms with van der Waals surface area (Å²) in [6.45, 7) is 4.22. The molecule has 3 rings (SSSR count). The number of benzene rings is 1. The molecule has 1 aromatic carbocycles. The van der Waals surface area contributed by atoms with Gasteiger partial charge in [-0.05, 0) is 44.7 Å². The highest BCUT2D eigenvalue weighted by Crippen LogP contribution is 2.24. The van der Waals surface area contributed by atoms with Crippen molar-refractivity contribution in [3.8, 4) is 5.69 Å². The summed E-state index contributed by atoms with van der Waals surface area (Å²) in [6.07, 6.45) is 4.04. The topological polar surface area (TPSA) is 64.4 Å². The van der Waals surface area contributed by atoms with Crippen molar-refractivity contribution in [3.05, 3.63) is 46.7 Å². The lowest BCUT2D eigenvalue weighted by Crippen LogP contribution is -2.45. The Morgan fingerprint density at radius 1 is 1.26 bits per heavy atom. The fraction of sp³-hybridized carbons (Fsp3) is 0.450. The number of amides is 1. The summed E-state index contributed by atoms with van der Waals surface area (Å²) in [5.74, 6) is -0.780. The number of likely N-dealkylation sites (tertiary alicyclic amines) is 1. The summed E-state index contributed by atoms with van der Waals surface area (Å²) in [5, 5.41) is 4.51. The second kappa shape index (κ2) is 8.57. The number of hydrogen-bond donors (Lipinski definition) is 0. The molecule has 0 radical (unpaired) electrons. The zero-order chi connectivity index (χ0) is 19.4. The minimum Gasteiger partial charge on any atom is -0.452 e. The first-order valence-corrected chi connectivity index (χ1v) is 9.67. The van der Waals surface area contributed by atoms with E-state index in [4.69, 9.17) is 16.3 Å². The summed E-state index contributed by atoms with van der Waals surface area (Å²) in [4.78, 5) is 26.9. The molecule has 2 aromatic rings. The Morgan fingerprint density at radius 2 is 2.00 bits per heavy atom. The normalized spacial score (nSPS) is 17.0. The van der Waals surface area contributed by atoms with Crippen molar-refractivity contribution in [2.45, 2.75) is 45.6 Å². The number of carbonyl (C=O) groups is 2. The zero-order valence-corrected chi connectivity index (χ0v) is 16.4. The zero-order valence-electron chi connectivity index (χ0n) is 15.7. The molecule has 6 nitrogen and oxygen atoms in total. The molecule has 0 bridgehead atoms. The van der Waals surface area contributed by atoms with E-state index in [1.807, 2.05) is 35.2 Å². The molecule has 2 heterocycles. The number of esters is 1. The minimum atomic E-state index is -0.627. The van der Waals surface area contributed by atoms with E-state index < -0.39 is 5.97 Å². The molecule has 0 saturated carbocycles. The first-order chi connectivity index (χ1) is 13.0. The molecule has 0 N–H and O–H groups in total. The number of aromatic nitrogens is 2. The number of halogens is 1. The quantitative estimate of drug-likeness (QED) is 0.730. The van der Waals surface area contributed by atoms with Crippen molar-refractivity contribution in [3.63, 3.8) is 0 Å². The Labute approximate surface area is 164 Å².